The highest BCUT2D eigenvalue weighted by molar-refractivity contribution is 7.09. The number of thiophene rings is 1. The molecule has 3 aliphatic heterocycles. The van der Waals surface area contributed by atoms with Crippen LogP contribution in [-0.4, -0.2) is 45.4 Å². The average Bonchev–Trinajstić information content (AvgIpc) is 3.53. The molecular weight excluding hydrogens is 498 g/mol. The Bertz CT molecular complexity index is 1220. The Morgan fingerprint density at radius 1 is 1.14 bits per heavy atom. The largest absolute Gasteiger partial charge is 0.356 e. The van der Waals surface area contributed by atoms with Crippen LogP contribution in [-0.2, 0) is 32.2 Å². The summed E-state index contributed by atoms with van der Waals surface area (Å²) in [5.41, 5.74) is -1.88. The maximum absolute atomic E-state index is 14.0. The van der Waals surface area contributed by atoms with Crippen molar-refractivity contribution < 1.29 is 19.1 Å². The Hall–Kier alpha value is -2.68. The first kappa shape index (κ1) is 25.0. The summed E-state index contributed by atoms with van der Waals surface area (Å²) >= 11 is 7.61. The third kappa shape index (κ3) is 4.15. The van der Waals surface area contributed by atoms with Crippen molar-refractivity contribution in [3.05, 3.63) is 69.4 Å². The van der Waals surface area contributed by atoms with Gasteiger partial charge in [-0.05, 0) is 56.8 Å². The molecule has 3 amide bonds. The van der Waals surface area contributed by atoms with Crippen LogP contribution >= 0.6 is 22.9 Å². The van der Waals surface area contributed by atoms with E-state index in [1.54, 1.807) is 28.4 Å². The summed E-state index contributed by atoms with van der Waals surface area (Å²) in [6.07, 6.45) is 3.67. The van der Waals surface area contributed by atoms with Crippen LogP contribution in [0.3, 0.4) is 0 Å². The third-order valence-corrected chi connectivity index (χ3v) is 8.24. The zero-order chi connectivity index (χ0) is 25.9. The number of nitrogens with zero attached hydrogens (tertiary/aromatic N) is 1. The molecule has 0 aliphatic carbocycles. The van der Waals surface area contributed by atoms with E-state index in [4.69, 9.17) is 16.3 Å². The van der Waals surface area contributed by atoms with Crippen LogP contribution in [0, 0.1) is 11.8 Å². The van der Waals surface area contributed by atoms with Crippen molar-refractivity contribution in [3.8, 4) is 0 Å². The first-order valence-corrected chi connectivity index (χ1v) is 13.3. The summed E-state index contributed by atoms with van der Waals surface area (Å²) < 4.78 is 6.53. The summed E-state index contributed by atoms with van der Waals surface area (Å²) in [6, 6.07) is 10.1. The van der Waals surface area contributed by atoms with Gasteiger partial charge in [0.05, 0.1) is 24.0 Å². The summed E-state index contributed by atoms with van der Waals surface area (Å²) in [5, 5.41) is 8.56. The predicted octanol–water partition coefficient (Wildman–Crippen LogP) is 3.67. The van der Waals surface area contributed by atoms with Gasteiger partial charge in [0.15, 0.2) is 0 Å². The molecule has 2 fully saturated rings. The first-order valence-electron chi connectivity index (χ1n) is 12.0. The van der Waals surface area contributed by atoms with Crippen molar-refractivity contribution in [2.75, 3.05) is 0 Å². The number of ether oxygens (including phenoxy) is 1. The summed E-state index contributed by atoms with van der Waals surface area (Å²) in [6.45, 7) is 8.08. The molecular formula is C27H30ClN3O4S. The van der Waals surface area contributed by atoms with E-state index in [9.17, 15) is 14.4 Å². The van der Waals surface area contributed by atoms with Crippen LogP contribution in [0.15, 0.2) is 53.9 Å². The number of hydrogen-bond donors (Lipinski definition) is 2. The van der Waals surface area contributed by atoms with E-state index in [0.717, 1.165) is 10.4 Å². The Labute approximate surface area is 219 Å². The van der Waals surface area contributed by atoms with E-state index in [1.165, 1.54) is 0 Å². The van der Waals surface area contributed by atoms with Crippen LogP contribution in [0.2, 0.25) is 5.02 Å². The van der Waals surface area contributed by atoms with E-state index in [-0.39, 0.29) is 24.3 Å². The average molecular weight is 528 g/mol. The minimum Gasteiger partial charge on any atom is -0.356 e. The molecule has 2 saturated heterocycles. The molecule has 5 atom stereocenters. The number of nitrogens with one attached hydrogen (secondary N) is 2. The van der Waals surface area contributed by atoms with Crippen LogP contribution < -0.4 is 10.6 Å². The zero-order valence-electron chi connectivity index (χ0n) is 20.7. The second-order valence-electron chi connectivity index (χ2n) is 11.0. The fraction of sp³-hybridized carbons (Fsp3) is 0.444. The van der Waals surface area contributed by atoms with Gasteiger partial charge in [-0.1, -0.05) is 42.0 Å². The van der Waals surface area contributed by atoms with E-state index in [2.05, 4.69) is 10.6 Å². The molecule has 2 aromatic rings. The highest BCUT2D eigenvalue weighted by Crippen LogP contribution is 2.59. The summed E-state index contributed by atoms with van der Waals surface area (Å²) in [5.74, 6) is -2.38. The molecule has 36 heavy (non-hydrogen) atoms. The summed E-state index contributed by atoms with van der Waals surface area (Å²) in [4.78, 5) is 43.9. The van der Waals surface area contributed by atoms with Gasteiger partial charge in [-0.25, -0.2) is 0 Å². The van der Waals surface area contributed by atoms with E-state index < -0.39 is 34.6 Å². The number of benzene rings is 1. The molecule has 190 valence electrons. The number of hydrogen-bond acceptors (Lipinski definition) is 5. The predicted molar refractivity (Wildman–Crippen MR) is 138 cm³/mol. The second-order valence-corrected chi connectivity index (χ2v) is 12.4. The number of rotatable bonds is 6. The minimum absolute atomic E-state index is 0.202. The van der Waals surface area contributed by atoms with Crippen molar-refractivity contribution in [2.45, 2.75) is 63.6 Å². The Kier molecular flexibility index (Phi) is 6.05. The van der Waals surface area contributed by atoms with Gasteiger partial charge in [0.2, 0.25) is 17.7 Å². The number of fused-ring (bicyclic) bond motifs is 1. The number of carbonyl (C=O) groups is 3. The standard InChI is InChI=1S/C27H30ClN3O4S/c1-25(2,3)30-23(33)21-27-12-11-26(4,35-27)19(22(32)29-14-18-6-5-13-36-18)20(27)24(34)31(21)15-16-7-9-17(28)10-8-16/h5-13,19-21H,14-15H2,1-4H3,(H,29,32)(H,30,33)/t19-,20+,21-,26-,27+/m1/s1. The fourth-order valence-corrected chi connectivity index (χ4v) is 6.49. The molecule has 3 aliphatic rings. The fourth-order valence-electron chi connectivity index (χ4n) is 5.72. The van der Waals surface area contributed by atoms with Crippen molar-refractivity contribution in [3.63, 3.8) is 0 Å². The smallest absolute Gasteiger partial charge is 0.246 e. The quantitative estimate of drug-likeness (QED) is 0.561. The highest BCUT2D eigenvalue weighted by Gasteiger charge is 2.76. The van der Waals surface area contributed by atoms with Crippen LogP contribution in [0.25, 0.3) is 0 Å². The summed E-state index contributed by atoms with van der Waals surface area (Å²) in [7, 11) is 0. The molecule has 5 rings (SSSR count). The van der Waals surface area contributed by atoms with Gasteiger partial charge in [0, 0.05) is 22.0 Å². The monoisotopic (exact) mass is 527 g/mol. The van der Waals surface area contributed by atoms with Gasteiger partial charge in [-0.2, -0.15) is 0 Å². The van der Waals surface area contributed by atoms with Crippen LogP contribution in [0.4, 0.5) is 0 Å². The zero-order valence-corrected chi connectivity index (χ0v) is 22.3. The number of halogens is 1. The van der Waals surface area contributed by atoms with Gasteiger partial charge in [-0.15, -0.1) is 11.3 Å². The molecule has 2 bridgehead atoms. The Morgan fingerprint density at radius 2 is 1.86 bits per heavy atom. The van der Waals surface area contributed by atoms with Gasteiger partial charge in [-0.3, -0.25) is 14.4 Å². The molecule has 9 heteroatoms. The molecule has 2 N–H and O–H groups in total. The van der Waals surface area contributed by atoms with Crippen LogP contribution in [0.1, 0.15) is 38.1 Å². The lowest BCUT2D eigenvalue weighted by atomic mass is 9.70. The highest BCUT2D eigenvalue weighted by atomic mass is 35.5. The minimum atomic E-state index is -1.22. The Morgan fingerprint density at radius 3 is 2.50 bits per heavy atom. The molecule has 1 aromatic carbocycles. The molecule has 0 saturated carbocycles. The molecule has 1 aromatic heterocycles. The molecule has 7 nitrogen and oxygen atoms in total. The second kappa shape index (κ2) is 8.71. The lowest BCUT2D eigenvalue weighted by molar-refractivity contribution is -0.146. The number of amides is 3. The van der Waals surface area contributed by atoms with Crippen molar-refractivity contribution >= 4 is 40.7 Å². The van der Waals surface area contributed by atoms with Gasteiger partial charge >= 0.3 is 0 Å². The maximum atomic E-state index is 14.0. The van der Waals surface area contributed by atoms with E-state index in [1.807, 2.05) is 69.5 Å². The topological polar surface area (TPSA) is 87.7 Å². The lowest BCUT2D eigenvalue weighted by Crippen LogP contribution is -2.57. The SMILES string of the molecule is CC(C)(C)NC(=O)[C@H]1N(Cc2ccc(Cl)cc2)C(=O)[C@@H]2[C@H](C(=O)NCc3cccs3)[C@@]3(C)C=C[C@]21O3. The molecule has 0 radical (unpaired) electrons. The van der Waals surface area contributed by atoms with Crippen molar-refractivity contribution in [1.29, 1.82) is 0 Å². The van der Waals surface area contributed by atoms with E-state index in [0.29, 0.717) is 11.6 Å². The molecule has 1 spiro atoms. The van der Waals surface area contributed by atoms with Gasteiger partial charge in [0.1, 0.15) is 11.6 Å². The van der Waals surface area contributed by atoms with Crippen molar-refractivity contribution in [2.24, 2.45) is 11.8 Å². The van der Waals surface area contributed by atoms with E-state index >= 15 is 0 Å². The number of likely N-dealkylation sites (tertiary alicyclic amines) is 1. The number of carbonyl (C=O) groups excluding carboxylic acids is 3. The first-order chi connectivity index (χ1) is 16.9. The lowest BCUT2D eigenvalue weighted by Gasteiger charge is -2.35. The molecule has 4 heterocycles. The molecule has 0 unspecified atom stereocenters. The van der Waals surface area contributed by atoms with Crippen molar-refractivity contribution in [1.82, 2.24) is 15.5 Å². The maximum Gasteiger partial charge on any atom is 0.246 e. The third-order valence-electron chi connectivity index (χ3n) is 7.11. The van der Waals surface area contributed by atoms with Gasteiger partial charge < -0.3 is 20.3 Å². The Balaban J connectivity index is 1.50. The van der Waals surface area contributed by atoms with Crippen LogP contribution in [0.5, 0.6) is 0 Å². The van der Waals surface area contributed by atoms with Gasteiger partial charge in [0.25, 0.3) is 0 Å². The normalized spacial score (nSPS) is 30.5.